The first-order valence-corrected chi connectivity index (χ1v) is 30.0. The van der Waals surface area contributed by atoms with E-state index in [4.69, 9.17) is 0 Å². The first-order valence-electron chi connectivity index (χ1n) is 30.0. The molecule has 0 bridgehead atoms. The van der Waals surface area contributed by atoms with E-state index in [0.717, 1.165) is 17.1 Å². The second-order valence-electron chi connectivity index (χ2n) is 26.8. The number of benzene rings is 11. The van der Waals surface area contributed by atoms with E-state index in [1.807, 2.05) is 0 Å². The normalized spacial score (nSPS) is 15.4. The smallest absolute Gasteiger partial charge is 0.0473 e. The highest BCUT2D eigenvalue weighted by Gasteiger charge is 2.40. The summed E-state index contributed by atoms with van der Waals surface area (Å²) in [4.78, 5) is 2.48. The minimum Gasteiger partial charge on any atom is -0.310 e. The Bertz CT molecular complexity index is 4320. The zero-order valence-corrected chi connectivity index (χ0v) is 50.2. The van der Waals surface area contributed by atoms with Crippen molar-refractivity contribution in [3.63, 3.8) is 0 Å². The van der Waals surface area contributed by atoms with Gasteiger partial charge < -0.3 is 4.90 Å². The van der Waals surface area contributed by atoms with Gasteiger partial charge in [0.05, 0.1) is 0 Å². The summed E-state index contributed by atoms with van der Waals surface area (Å²) in [5.74, 6) is 0. The summed E-state index contributed by atoms with van der Waals surface area (Å²) in [6.45, 7) is 28.1. The fourth-order valence-corrected chi connectivity index (χ4v) is 15.2. The van der Waals surface area contributed by atoms with Crippen LogP contribution in [0, 0.1) is 27.7 Å². The molecule has 4 aliphatic carbocycles. The Kier molecular flexibility index (Phi) is 11.0. The molecule has 0 saturated heterocycles. The Labute approximate surface area is 492 Å². The summed E-state index contributed by atoms with van der Waals surface area (Å²) in [5, 5.41) is 0. The summed E-state index contributed by atoms with van der Waals surface area (Å²) in [7, 11) is 0. The highest BCUT2D eigenvalue weighted by atomic mass is 15.1. The number of hydrogen-bond acceptors (Lipinski definition) is 1. The van der Waals surface area contributed by atoms with Gasteiger partial charge in [0, 0.05) is 38.7 Å². The Morgan fingerprint density at radius 1 is 0.205 bits per heavy atom. The maximum absolute atomic E-state index is 2.50. The number of fused-ring (bicyclic) bond motifs is 12. The zero-order chi connectivity index (χ0) is 57.2. The standard InChI is InChI=1S/C82H71N/c1-48-21-29-60(37-50(48)3)83(61-30-22-49(2)51(4)38-61)62-40-58(56-27-35-69-67-33-25-54(44-75(67)81(9,10)77(69)46-56)52-23-31-65-63-17-13-15-19-71(63)79(5,6)73(65)42-52)39-59(41-62)57-28-36-70-68-34-26-55(45-76(68)82(11,12)78(70)47-57)53-24-32-66-64-18-14-16-20-72(64)80(7,8)74(66)43-53/h13-47H,1-12H3. The lowest BCUT2D eigenvalue weighted by Crippen LogP contribution is -2.15. The van der Waals surface area contributed by atoms with Crippen molar-refractivity contribution < 1.29 is 0 Å². The van der Waals surface area contributed by atoms with Gasteiger partial charge in [-0.1, -0.05) is 189 Å². The largest absolute Gasteiger partial charge is 0.310 e. The summed E-state index contributed by atoms with van der Waals surface area (Å²) >= 11 is 0. The summed E-state index contributed by atoms with van der Waals surface area (Å²) in [6, 6.07) is 82.3. The molecule has 0 radical (unpaired) electrons. The van der Waals surface area contributed by atoms with Gasteiger partial charge in [0.2, 0.25) is 0 Å². The van der Waals surface area contributed by atoms with Gasteiger partial charge in [0.1, 0.15) is 0 Å². The van der Waals surface area contributed by atoms with Crippen LogP contribution in [0.15, 0.2) is 212 Å². The van der Waals surface area contributed by atoms with Gasteiger partial charge in [0.15, 0.2) is 0 Å². The summed E-state index contributed by atoms with van der Waals surface area (Å²) in [5.41, 5.74) is 39.8. The predicted molar refractivity (Wildman–Crippen MR) is 352 cm³/mol. The van der Waals surface area contributed by atoms with E-state index in [9.17, 15) is 0 Å². The lowest BCUT2D eigenvalue weighted by Gasteiger charge is -2.28. The summed E-state index contributed by atoms with van der Waals surface area (Å²) in [6.07, 6.45) is 0. The lowest BCUT2D eigenvalue weighted by atomic mass is 9.79. The third kappa shape index (κ3) is 7.59. The summed E-state index contributed by atoms with van der Waals surface area (Å²) < 4.78 is 0. The van der Waals surface area contributed by atoms with E-state index in [1.54, 1.807) is 0 Å². The first kappa shape index (κ1) is 51.1. The number of hydrogen-bond donors (Lipinski definition) is 0. The van der Waals surface area contributed by atoms with Crippen molar-refractivity contribution in [3.05, 3.63) is 279 Å². The predicted octanol–water partition coefficient (Wildman–Crippen LogP) is 22.3. The van der Waals surface area contributed by atoms with Gasteiger partial charge in [-0.3, -0.25) is 0 Å². The zero-order valence-electron chi connectivity index (χ0n) is 50.2. The van der Waals surface area contributed by atoms with Crippen molar-refractivity contribution in [1.29, 1.82) is 0 Å². The van der Waals surface area contributed by atoms with Crippen LogP contribution in [0.3, 0.4) is 0 Å². The molecule has 404 valence electrons. The van der Waals surface area contributed by atoms with Crippen LogP contribution in [0.1, 0.15) is 122 Å². The van der Waals surface area contributed by atoms with Crippen LogP contribution in [0.25, 0.3) is 89.0 Å². The van der Waals surface area contributed by atoms with Crippen LogP contribution in [-0.2, 0) is 21.7 Å². The van der Waals surface area contributed by atoms with Crippen LogP contribution < -0.4 is 4.90 Å². The third-order valence-electron chi connectivity index (χ3n) is 20.5. The molecule has 0 aromatic heterocycles. The van der Waals surface area contributed by atoms with E-state index < -0.39 is 0 Å². The van der Waals surface area contributed by atoms with E-state index in [2.05, 4.69) is 300 Å². The van der Waals surface area contributed by atoms with Gasteiger partial charge in [-0.25, -0.2) is 0 Å². The quantitative estimate of drug-likeness (QED) is 0.154. The van der Waals surface area contributed by atoms with Crippen molar-refractivity contribution in [2.75, 3.05) is 4.90 Å². The minimum atomic E-state index is -0.225. The molecular formula is C82H71N. The van der Waals surface area contributed by atoms with E-state index in [1.165, 1.54) is 156 Å². The fraction of sp³-hybridized carbons (Fsp3) is 0.195. The average Bonchev–Trinajstić information content (AvgIpc) is 2.12. The fourth-order valence-electron chi connectivity index (χ4n) is 15.2. The van der Waals surface area contributed by atoms with Crippen molar-refractivity contribution in [2.45, 2.75) is 105 Å². The highest BCUT2D eigenvalue weighted by molar-refractivity contribution is 5.93. The minimum absolute atomic E-state index is 0.0548. The van der Waals surface area contributed by atoms with Gasteiger partial charge in [-0.15, -0.1) is 0 Å². The topological polar surface area (TPSA) is 3.24 Å². The van der Waals surface area contributed by atoms with Crippen LogP contribution in [-0.4, -0.2) is 0 Å². The average molecular weight is 1070 g/mol. The molecule has 0 amide bonds. The Morgan fingerprint density at radius 3 is 0.771 bits per heavy atom. The van der Waals surface area contributed by atoms with Crippen molar-refractivity contribution in [1.82, 2.24) is 0 Å². The van der Waals surface area contributed by atoms with Crippen molar-refractivity contribution in [2.24, 2.45) is 0 Å². The van der Waals surface area contributed by atoms with Gasteiger partial charge in [-0.05, 0) is 262 Å². The molecule has 0 aliphatic heterocycles. The van der Waals surface area contributed by atoms with Crippen molar-refractivity contribution >= 4 is 17.1 Å². The van der Waals surface area contributed by atoms with Crippen molar-refractivity contribution in [3.8, 4) is 89.0 Å². The molecule has 1 nitrogen and oxygen atoms in total. The monoisotopic (exact) mass is 1070 g/mol. The van der Waals surface area contributed by atoms with Crippen LogP contribution in [0.4, 0.5) is 17.1 Å². The maximum atomic E-state index is 2.50. The van der Waals surface area contributed by atoms with E-state index >= 15 is 0 Å². The molecule has 0 spiro atoms. The SMILES string of the molecule is Cc1ccc(N(c2cc(-c3ccc4c(c3)C(C)(C)c3cc(-c5ccc6c(c5)C(C)(C)c5ccccc5-6)ccc3-4)cc(-c3ccc4c(c3)C(C)(C)c3cc(-c5ccc6c(c5)C(C)(C)c5ccccc5-6)ccc3-4)c2)c2ccc(C)c(C)c2)cc1C. The molecule has 0 unspecified atom stereocenters. The molecule has 11 aromatic carbocycles. The lowest BCUT2D eigenvalue weighted by molar-refractivity contribution is 0.659. The number of rotatable bonds is 7. The number of anilines is 3. The third-order valence-corrected chi connectivity index (χ3v) is 20.5. The maximum Gasteiger partial charge on any atom is 0.0473 e. The van der Waals surface area contributed by atoms with E-state index in [0.29, 0.717) is 0 Å². The molecule has 0 atom stereocenters. The Hall–Kier alpha value is -8.78. The Morgan fingerprint density at radius 2 is 0.470 bits per heavy atom. The second-order valence-corrected chi connectivity index (χ2v) is 26.8. The number of aryl methyl sites for hydroxylation is 4. The molecule has 4 aliphatic rings. The van der Waals surface area contributed by atoms with Gasteiger partial charge in [0.25, 0.3) is 0 Å². The Balaban J connectivity index is 0.835. The molecule has 11 aromatic rings. The number of nitrogens with zero attached hydrogens (tertiary/aromatic N) is 1. The molecule has 0 saturated carbocycles. The second kappa shape index (κ2) is 17.9. The molecule has 83 heavy (non-hydrogen) atoms. The van der Waals surface area contributed by atoms with Crippen LogP contribution in [0.2, 0.25) is 0 Å². The molecule has 0 fully saturated rings. The van der Waals surface area contributed by atoms with E-state index in [-0.39, 0.29) is 21.7 Å². The molecule has 0 heterocycles. The van der Waals surface area contributed by atoms with Gasteiger partial charge in [-0.2, -0.15) is 0 Å². The molecule has 15 rings (SSSR count). The first-order chi connectivity index (χ1) is 39.8. The molecule has 0 N–H and O–H groups in total. The van der Waals surface area contributed by atoms with Gasteiger partial charge >= 0.3 is 0 Å². The highest BCUT2D eigenvalue weighted by Crippen LogP contribution is 2.56. The van der Waals surface area contributed by atoms with Crippen LogP contribution >= 0.6 is 0 Å². The molecule has 1 heteroatoms. The van der Waals surface area contributed by atoms with Crippen LogP contribution in [0.5, 0.6) is 0 Å². The molecular weight excluding hydrogens is 999 g/mol.